The van der Waals surface area contributed by atoms with E-state index in [4.69, 9.17) is 0 Å². The summed E-state index contributed by atoms with van der Waals surface area (Å²) in [4.78, 5) is 16.4. The third-order valence-corrected chi connectivity index (χ3v) is 9.80. The van der Waals surface area contributed by atoms with Crippen LogP contribution in [0.2, 0.25) is 0 Å². The molecule has 210 valence electrons. The van der Waals surface area contributed by atoms with Crippen molar-refractivity contribution in [1.82, 2.24) is 29.4 Å². The second-order valence-electron chi connectivity index (χ2n) is 15.4. The molecule has 0 aromatic carbocycles. The molecule has 1 unspecified atom stereocenters. The van der Waals surface area contributed by atoms with Crippen LogP contribution in [-0.2, 0) is 0 Å². The number of rotatable bonds is 8. The molecule has 4 aliphatic rings. The third kappa shape index (κ3) is 7.24. The lowest BCUT2D eigenvalue weighted by molar-refractivity contribution is -0.0432. The van der Waals surface area contributed by atoms with Crippen LogP contribution in [0.4, 0.5) is 0 Å². The number of piperazine rings is 2. The summed E-state index contributed by atoms with van der Waals surface area (Å²) in [5.41, 5.74) is 1.06. The Kier molecular flexibility index (Phi) is 8.86. The van der Waals surface area contributed by atoms with Gasteiger partial charge in [-0.25, -0.2) is 0 Å². The molecular formula is C30H60N6. The highest BCUT2D eigenvalue weighted by Gasteiger charge is 2.40. The van der Waals surface area contributed by atoms with Crippen molar-refractivity contribution in [2.75, 3.05) is 85.1 Å². The molecule has 0 aromatic rings. The smallest absolute Gasteiger partial charge is 0.0351 e. The summed E-state index contributed by atoms with van der Waals surface area (Å²) in [6.45, 7) is 37.9. The van der Waals surface area contributed by atoms with Crippen LogP contribution in [0.15, 0.2) is 0 Å². The van der Waals surface area contributed by atoms with Gasteiger partial charge >= 0.3 is 0 Å². The van der Waals surface area contributed by atoms with E-state index in [1.54, 1.807) is 0 Å². The van der Waals surface area contributed by atoms with Crippen molar-refractivity contribution in [3.8, 4) is 0 Å². The van der Waals surface area contributed by atoms with Gasteiger partial charge < -0.3 is 0 Å². The van der Waals surface area contributed by atoms with Gasteiger partial charge in [0.15, 0.2) is 0 Å². The van der Waals surface area contributed by atoms with Crippen LogP contribution in [0.3, 0.4) is 0 Å². The molecule has 0 N–H and O–H groups in total. The fourth-order valence-corrected chi connectivity index (χ4v) is 6.95. The Hall–Kier alpha value is -0.240. The fourth-order valence-electron chi connectivity index (χ4n) is 6.95. The van der Waals surface area contributed by atoms with Gasteiger partial charge in [0.1, 0.15) is 0 Å². The van der Waals surface area contributed by atoms with E-state index in [1.807, 2.05) is 0 Å². The predicted molar refractivity (Wildman–Crippen MR) is 154 cm³/mol. The zero-order valence-electron chi connectivity index (χ0n) is 25.5. The van der Waals surface area contributed by atoms with Gasteiger partial charge in [-0.3, -0.25) is 29.4 Å². The second-order valence-corrected chi connectivity index (χ2v) is 15.4. The van der Waals surface area contributed by atoms with Crippen molar-refractivity contribution in [2.45, 2.75) is 104 Å². The fraction of sp³-hybridized carbons (Fsp3) is 1.00. The first-order chi connectivity index (χ1) is 16.7. The van der Waals surface area contributed by atoms with E-state index >= 15 is 0 Å². The topological polar surface area (TPSA) is 19.4 Å². The second kappa shape index (κ2) is 11.1. The van der Waals surface area contributed by atoms with Gasteiger partial charge in [0.2, 0.25) is 0 Å². The number of nitrogens with zero attached hydrogens (tertiary/aromatic N) is 6. The maximum atomic E-state index is 2.79. The maximum Gasteiger partial charge on any atom is 0.0351 e. The van der Waals surface area contributed by atoms with Crippen LogP contribution < -0.4 is 0 Å². The normalized spacial score (nSPS) is 27.2. The van der Waals surface area contributed by atoms with Crippen LogP contribution in [0.5, 0.6) is 0 Å². The Morgan fingerprint density at radius 1 is 0.639 bits per heavy atom. The lowest BCUT2D eigenvalue weighted by Crippen LogP contribution is -2.67. The SMILES string of the molecule is CC(CCC(C)(C)N1CCN(C2CN(CC(C)(C)C)C2)CC1)N1CCN(C2CN(C(C)(C)C)C2)CC1. The van der Waals surface area contributed by atoms with Gasteiger partial charge in [-0.15, -0.1) is 0 Å². The maximum absolute atomic E-state index is 2.79. The molecule has 1 atom stereocenters. The van der Waals surface area contributed by atoms with E-state index in [-0.39, 0.29) is 0 Å². The molecule has 0 aliphatic carbocycles. The summed E-state index contributed by atoms with van der Waals surface area (Å²) >= 11 is 0. The van der Waals surface area contributed by atoms with E-state index < -0.39 is 0 Å². The van der Waals surface area contributed by atoms with Crippen molar-refractivity contribution in [2.24, 2.45) is 5.41 Å². The minimum atomic E-state index is 0.308. The predicted octanol–water partition coefficient (Wildman–Crippen LogP) is 3.38. The first-order valence-electron chi connectivity index (χ1n) is 15.2. The van der Waals surface area contributed by atoms with Crippen molar-refractivity contribution < 1.29 is 0 Å². The molecule has 36 heavy (non-hydrogen) atoms. The summed E-state index contributed by atoms with van der Waals surface area (Å²) in [5.74, 6) is 0. The Morgan fingerprint density at radius 2 is 1.14 bits per heavy atom. The van der Waals surface area contributed by atoms with E-state index in [2.05, 4.69) is 91.7 Å². The largest absolute Gasteiger partial charge is 0.300 e. The molecule has 6 heteroatoms. The minimum Gasteiger partial charge on any atom is -0.300 e. The highest BCUT2D eigenvalue weighted by atomic mass is 15.4. The average molecular weight is 505 g/mol. The highest BCUT2D eigenvalue weighted by Crippen LogP contribution is 2.29. The Balaban J connectivity index is 1.12. The van der Waals surface area contributed by atoms with Crippen LogP contribution in [0.25, 0.3) is 0 Å². The molecule has 4 saturated heterocycles. The van der Waals surface area contributed by atoms with E-state index in [9.17, 15) is 0 Å². The molecule has 0 bridgehead atoms. The monoisotopic (exact) mass is 504 g/mol. The quantitative estimate of drug-likeness (QED) is 0.501. The van der Waals surface area contributed by atoms with Gasteiger partial charge in [0.05, 0.1) is 0 Å². The molecule has 0 spiro atoms. The Morgan fingerprint density at radius 3 is 1.64 bits per heavy atom. The van der Waals surface area contributed by atoms with Crippen molar-refractivity contribution in [3.63, 3.8) is 0 Å². The molecule has 0 aromatic heterocycles. The zero-order chi connectivity index (χ0) is 26.3. The highest BCUT2D eigenvalue weighted by molar-refractivity contribution is 4.97. The van der Waals surface area contributed by atoms with Crippen LogP contribution in [-0.4, -0.2) is 144 Å². The van der Waals surface area contributed by atoms with Crippen LogP contribution in [0.1, 0.15) is 75.2 Å². The van der Waals surface area contributed by atoms with Crippen LogP contribution >= 0.6 is 0 Å². The average Bonchev–Trinajstić information content (AvgIpc) is 2.72. The third-order valence-electron chi connectivity index (χ3n) is 9.80. The molecule has 0 amide bonds. The first-order valence-corrected chi connectivity index (χ1v) is 15.2. The molecule has 6 nitrogen and oxygen atoms in total. The van der Waals surface area contributed by atoms with Crippen molar-refractivity contribution >= 4 is 0 Å². The molecule has 4 aliphatic heterocycles. The number of hydrogen-bond acceptors (Lipinski definition) is 6. The zero-order valence-corrected chi connectivity index (χ0v) is 25.5. The van der Waals surface area contributed by atoms with Crippen molar-refractivity contribution in [3.05, 3.63) is 0 Å². The summed E-state index contributed by atoms with van der Waals surface area (Å²) in [7, 11) is 0. The molecule has 4 rings (SSSR count). The molecule has 0 saturated carbocycles. The summed E-state index contributed by atoms with van der Waals surface area (Å²) in [5, 5.41) is 0. The standard InChI is InChI=1S/C30H60N6/c1-25(32-12-14-33(15-13-32)27-22-36(23-27)29(5,6)7)10-11-30(8,9)35-18-16-34(17-19-35)26-20-31(21-26)24-28(2,3)4/h25-27H,10-24H2,1-9H3. The lowest BCUT2D eigenvalue weighted by atomic mass is 9.91. The summed E-state index contributed by atoms with van der Waals surface area (Å²) in [6.07, 6.45) is 2.62. The molecule has 4 fully saturated rings. The van der Waals surface area contributed by atoms with Gasteiger partial charge in [-0.05, 0) is 59.8 Å². The van der Waals surface area contributed by atoms with Gasteiger partial charge in [-0.2, -0.15) is 0 Å². The summed E-state index contributed by atoms with van der Waals surface area (Å²) < 4.78 is 0. The molecule has 0 radical (unpaired) electrons. The van der Waals surface area contributed by atoms with E-state index in [1.165, 1.54) is 97.9 Å². The van der Waals surface area contributed by atoms with Gasteiger partial charge in [0, 0.05) is 114 Å². The molecular weight excluding hydrogens is 444 g/mol. The van der Waals surface area contributed by atoms with Crippen molar-refractivity contribution in [1.29, 1.82) is 0 Å². The molecule has 4 heterocycles. The van der Waals surface area contributed by atoms with E-state index in [0.29, 0.717) is 22.5 Å². The minimum absolute atomic E-state index is 0.308. The van der Waals surface area contributed by atoms with E-state index in [0.717, 1.165) is 12.1 Å². The van der Waals surface area contributed by atoms with Crippen LogP contribution in [0, 0.1) is 5.41 Å². The summed E-state index contributed by atoms with van der Waals surface area (Å²) in [6, 6.07) is 2.29. The number of likely N-dealkylation sites (tertiary alicyclic amines) is 2. The lowest BCUT2D eigenvalue weighted by Gasteiger charge is -2.53. The Bertz CT molecular complexity index is 681. The number of hydrogen-bond donors (Lipinski definition) is 0. The Labute approximate surface area is 224 Å². The van der Waals surface area contributed by atoms with Gasteiger partial charge in [0.25, 0.3) is 0 Å². The van der Waals surface area contributed by atoms with Gasteiger partial charge in [-0.1, -0.05) is 20.8 Å². The first kappa shape index (κ1) is 28.8.